The van der Waals surface area contributed by atoms with Crippen molar-refractivity contribution in [2.24, 2.45) is 9.98 Å². The first-order valence-electron chi connectivity index (χ1n) is 23.1. The Kier molecular flexibility index (Phi) is 8.79. The van der Waals surface area contributed by atoms with E-state index in [0.717, 1.165) is 71.9 Å². The van der Waals surface area contributed by atoms with Gasteiger partial charge in [0, 0.05) is 42.1 Å². The van der Waals surface area contributed by atoms with E-state index in [1.54, 1.807) is 0 Å². The lowest BCUT2D eigenvalue weighted by atomic mass is 9.94. The largest absolute Gasteiger partial charge is 0.456 e. The first kappa shape index (κ1) is 38.6. The summed E-state index contributed by atoms with van der Waals surface area (Å²) in [6, 6.07) is 80.6. The number of hydrogen-bond acceptors (Lipinski definition) is 5. The topological polar surface area (TPSA) is 49.9 Å². The fourth-order valence-electron chi connectivity index (χ4n) is 10.3. The minimum Gasteiger partial charge on any atom is -0.456 e. The maximum absolute atomic E-state index is 6.53. The van der Waals surface area contributed by atoms with E-state index < -0.39 is 0 Å². The Balaban J connectivity index is 0.830. The molecule has 14 rings (SSSR count). The standard InChI is InChI=1S/C63H39N3OS/c1-3-11-42-33-44(25-21-38(42)9-1)40-19-23-41(24-20-40)61-64-62(49-29-22-39-10-2-4-12-43(39)35-49)66-63(65-61)50-30-27-45-34-47(28-26-46(45)36-50)51-14-7-16-56-59(51)54-37-48(31-32-55(54)67-56)52-15-8-18-58-60(52)53-13-5-6-17-57(53)68-58/h1-37,62H,(H,64,65,66). The lowest BCUT2D eigenvalue weighted by Crippen LogP contribution is -2.33. The van der Waals surface area contributed by atoms with Crippen LogP contribution in [0.15, 0.2) is 239 Å². The van der Waals surface area contributed by atoms with Crippen molar-refractivity contribution in [1.82, 2.24) is 5.32 Å². The fraction of sp³-hybridized carbons (Fsp3) is 0.0159. The molecule has 0 saturated carbocycles. The van der Waals surface area contributed by atoms with E-state index >= 15 is 0 Å². The van der Waals surface area contributed by atoms with Crippen LogP contribution in [0.25, 0.3) is 108 Å². The Bertz CT molecular complexity index is 4250. The van der Waals surface area contributed by atoms with Crippen molar-refractivity contribution >= 4 is 97.4 Å². The van der Waals surface area contributed by atoms with E-state index in [-0.39, 0.29) is 6.17 Å². The molecule has 1 N–H and O–H groups in total. The molecule has 68 heavy (non-hydrogen) atoms. The van der Waals surface area contributed by atoms with Crippen LogP contribution >= 0.6 is 11.3 Å². The molecule has 0 spiro atoms. The van der Waals surface area contributed by atoms with E-state index in [1.807, 2.05) is 11.3 Å². The summed E-state index contributed by atoms with van der Waals surface area (Å²) in [5.41, 5.74) is 11.9. The molecular weight excluding hydrogens is 847 g/mol. The summed E-state index contributed by atoms with van der Waals surface area (Å²) in [5, 5.41) is 15.7. The van der Waals surface area contributed by atoms with Crippen LogP contribution in [0.2, 0.25) is 0 Å². The number of nitrogens with one attached hydrogen (secondary N) is 1. The monoisotopic (exact) mass is 885 g/mol. The minimum absolute atomic E-state index is 0.330. The molecule has 318 valence electrons. The van der Waals surface area contributed by atoms with Gasteiger partial charge in [-0.2, -0.15) is 0 Å². The van der Waals surface area contributed by atoms with Gasteiger partial charge in [0.05, 0.1) is 0 Å². The molecular formula is C63H39N3OS. The van der Waals surface area contributed by atoms with Gasteiger partial charge in [-0.1, -0.05) is 170 Å². The Morgan fingerprint density at radius 2 is 0.956 bits per heavy atom. The van der Waals surface area contributed by atoms with Crippen LogP contribution < -0.4 is 5.32 Å². The molecule has 13 aromatic rings. The van der Waals surface area contributed by atoms with Gasteiger partial charge in [0.15, 0.2) is 5.84 Å². The highest BCUT2D eigenvalue weighted by atomic mass is 32.1. The molecule has 2 aromatic heterocycles. The maximum Gasteiger partial charge on any atom is 0.159 e. The second-order valence-corrected chi connectivity index (χ2v) is 18.8. The highest BCUT2D eigenvalue weighted by Crippen LogP contribution is 2.43. The number of nitrogens with zero attached hydrogens (tertiary/aromatic N) is 2. The van der Waals surface area contributed by atoms with Crippen LogP contribution in [0.3, 0.4) is 0 Å². The number of aliphatic imine (C=N–C) groups is 2. The number of hydrogen-bond donors (Lipinski definition) is 1. The average Bonchev–Trinajstić information content (AvgIpc) is 3.99. The molecule has 5 heteroatoms. The molecule has 1 unspecified atom stereocenters. The Hall–Kier alpha value is -8.64. The summed E-state index contributed by atoms with van der Waals surface area (Å²) in [4.78, 5) is 10.5. The Morgan fingerprint density at radius 1 is 0.382 bits per heavy atom. The number of thiophene rings is 1. The number of rotatable bonds is 6. The SMILES string of the molecule is c1ccc2cc(-c3ccc(C4=NC(c5ccc6ccccc6c5)NC(c5ccc6cc(-c7cccc8oc9ccc(-c%10cccc%11sc%12ccccc%12c%10%11)cc9c78)ccc6c5)=N4)cc3)ccc2c1. The molecule has 3 heterocycles. The van der Waals surface area contributed by atoms with Crippen molar-refractivity contribution in [3.63, 3.8) is 0 Å². The van der Waals surface area contributed by atoms with Gasteiger partial charge in [-0.05, 0) is 126 Å². The highest BCUT2D eigenvalue weighted by molar-refractivity contribution is 7.25. The van der Waals surface area contributed by atoms with Crippen molar-refractivity contribution in [3.05, 3.63) is 241 Å². The summed E-state index contributed by atoms with van der Waals surface area (Å²) < 4.78 is 9.14. The zero-order valence-electron chi connectivity index (χ0n) is 36.7. The van der Waals surface area contributed by atoms with Gasteiger partial charge in [0.25, 0.3) is 0 Å². The lowest BCUT2D eigenvalue weighted by molar-refractivity contribution is 0.669. The molecule has 11 aromatic carbocycles. The molecule has 0 bridgehead atoms. The molecule has 4 nitrogen and oxygen atoms in total. The smallest absolute Gasteiger partial charge is 0.159 e. The van der Waals surface area contributed by atoms with Crippen LogP contribution in [0.4, 0.5) is 0 Å². The van der Waals surface area contributed by atoms with Crippen molar-refractivity contribution in [2.45, 2.75) is 6.17 Å². The number of fused-ring (bicyclic) bond motifs is 9. The zero-order valence-corrected chi connectivity index (χ0v) is 37.5. The van der Waals surface area contributed by atoms with Gasteiger partial charge in [-0.3, -0.25) is 0 Å². The summed E-state index contributed by atoms with van der Waals surface area (Å²) in [5.74, 6) is 1.48. The van der Waals surface area contributed by atoms with Gasteiger partial charge in [0.2, 0.25) is 0 Å². The van der Waals surface area contributed by atoms with Crippen LogP contribution in [0, 0.1) is 0 Å². The third-order valence-corrected chi connectivity index (χ3v) is 14.8. The number of furan rings is 1. The number of amidine groups is 2. The molecule has 1 aliphatic rings. The van der Waals surface area contributed by atoms with Gasteiger partial charge in [0.1, 0.15) is 23.2 Å². The van der Waals surface area contributed by atoms with Crippen molar-refractivity contribution < 1.29 is 4.42 Å². The summed E-state index contributed by atoms with van der Waals surface area (Å²) >= 11 is 1.85. The quantitative estimate of drug-likeness (QED) is 0.181. The molecule has 0 radical (unpaired) electrons. The first-order valence-corrected chi connectivity index (χ1v) is 23.9. The molecule has 0 amide bonds. The molecule has 0 aliphatic carbocycles. The Morgan fingerprint density at radius 3 is 1.79 bits per heavy atom. The van der Waals surface area contributed by atoms with Crippen molar-refractivity contribution in [2.75, 3.05) is 0 Å². The molecule has 1 aliphatic heterocycles. The van der Waals surface area contributed by atoms with E-state index in [2.05, 4.69) is 230 Å². The fourth-order valence-corrected chi connectivity index (χ4v) is 11.4. The van der Waals surface area contributed by atoms with Crippen LogP contribution in [-0.2, 0) is 0 Å². The Labute approximate surface area is 395 Å². The van der Waals surface area contributed by atoms with Gasteiger partial charge in [-0.25, -0.2) is 9.98 Å². The normalized spacial score (nSPS) is 14.0. The summed E-state index contributed by atoms with van der Waals surface area (Å²) in [7, 11) is 0. The van der Waals surface area contributed by atoms with Crippen LogP contribution in [-0.4, -0.2) is 11.7 Å². The van der Waals surface area contributed by atoms with Crippen LogP contribution in [0.1, 0.15) is 22.9 Å². The van der Waals surface area contributed by atoms with Gasteiger partial charge < -0.3 is 9.73 Å². The molecule has 0 fully saturated rings. The predicted molar refractivity (Wildman–Crippen MR) is 287 cm³/mol. The second-order valence-electron chi connectivity index (χ2n) is 17.8. The minimum atomic E-state index is -0.330. The zero-order chi connectivity index (χ0) is 44.7. The van der Waals surface area contributed by atoms with E-state index in [1.165, 1.54) is 58.4 Å². The van der Waals surface area contributed by atoms with Crippen LogP contribution in [0.5, 0.6) is 0 Å². The summed E-state index contributed by atoms with van der Waals surface area (Å²) in [6.07, 6.45) is -0.330. The van der Waals surface area contributed by atoms with Crippen molar-refractivity contribution in [1.29, 1.82) is 0 Å². The van der Waals surface area contributed by atoms with Crippen molar-refractivity contribution in [3.8, 4) is 33.4 Å². The molecule has 1 atom stereocenters. The maximum atomic E-state index is 6.53. The van der Waals surface area contributed by atoms with E-state index in [0.29, 0.717) is 5.84 Å². The molecule has 0 saturated heterocycles. The van der Waals surface area contributed by atoms with Gasteiger partial charge in [-0.15, -0.1) is 11.3 Å². The van der Waals surface area contributed by atoms with E-state index in [9.17, 15) is 0 Å². The lowest BCUT2D eigenvalue weighted by Gasteiger charge is -2.24. The highest BCUT2D eigenvalue weighted by Gasteiger charge is 2.23. The summed E-state index contributed by atoms with van der Waals surface area (Å²) in [6.45, 7) is 0. The number of benzene rings is 11. The first-order chi connectivity index (χ1) is 33.6. The van der Waals surface area contributed by atoms with Gasteiger partial charge >= 0.3 is 0 Å². The third-order valence-electron chi connectivity index (χ3n) is 13.7. The average molecular weight is 886 g/mol. The second kappa shape index (κ2) is 15.5. The predicted octanol–water partition coefficient (Wildman–Crippen LogP) is 16.9. The van der Waals surface area contributed by atoms with E-state index in [4.69, 9.17) is 14.4 Å². The third kappa shape index (κ3) is 6.51.